The second kappa shape index (κ2) is 7.50. The number of anilines is 1. The smallest absolute Gasteiger partial charge is 0.261 e. The number of hydrogen-bond donors (Lipinski definition) is 1. The van der Waals surface area contributed by atoms with Crippen molar-refractivity contribution in [3.63, 3.8) is 0 Å². The molecule has 2 atom stereocenters. The van der Waals surface area contributed by atoms with Gasteiger partial charge in [0.1, 0.15) is 17.1 Å². The number of carbonyl (C=O) groups is 1. The molecule has 0 unspecified atom stereocenters. The molecule has 8 heteroatoms. The summed E-state index contributed by atoms with van der Waals surface area (Å²) in [6.45, 7) is 4.15. The molecule has 2 aromatic carbocycles. The maximum Gasteiger partial charge on any atom is 0.261 e. The highest BCUT2D eigenvalue weighted by Crippen LogP contribution is 2.39. The zero-order chi connectivity index (χ0) is 21.5. The number of amides is 1. The Labute approximate surface area is 177 Å². The van der Waals surface area contributed by atoms with E-state index < -0.39 is 21.7 Å². The summed E-state index contributed by atoms with van der Waals surface area (Å²) in [4.78, 5) is 13.2. The minimum atomic E-state index is -3.49. The lowest BCUT2D eigenvalue weighted by Crippen LogP contribution is -2.46. The first-order valence-corrected chi connectivity index (χ1v) is 11.8. The quantitative estimate of drug-likeness (QED) is 0.809. The molecule has 160 valence electrons. The fourth-order valence-electron chi connectivity index (χ4n) is 4.05. The van der Waals surface area contributed by atoms with Gasteiger partial charge in [-0.1, -0.05) is 30.3 Å². The summed E-state index contributed by atoms with van der Waals surface area (Å²) in [6.07, 6.45) is 1.23. The second-order valence-corrected chi connectivity index (χ2v) is 10.3. The minimum absolute atomic E-state index is 0.170. The normalized spacial score (nSPS) is 22.6. The Morgan fingerprint density at radius 2 is 1.77 bits per heavy atom. The van der Waals surface area contributed by atoms with Crippen LogP contribution in [0.2, 0.25) is 0 Å². The number of para-hydroxylation sites is 3. The largest absolute Gasteiger partial charge is 0.487 e. The molecule has 2 aromatic rings. The van der Waals surface area contributed by atoms with Crippen LogP contribution in [0.25, 0.3) is 0 Å². The topological polar surface area (TPSA) is 84.9 Å². The number of fused-ring (bicyclic) bond motifs is 2. The Kier molecular flexibility index (Phi) is 5.13. The summed E-state index contributed by atoms with van der Waals surface area (Å²) in [5.41, 5.74) is 0.959. The number of hydrogen-bond acceptors (Lipinski definition) is 5. The van der Waals surface area contributed by atoms with Gasteiger partial charge in [-0.2, -0.15) is 0 Å². The van der Waals surface area contributed by atoms with Crippen molar-refractivity contribution in [2.45, 2.75) is 44.4 Å². The number of ether oxygens (including phenoxy) is 2. The van der Waals surface area contributed by atoms with Crippen LogP contribution in [0.1, 0.15) is 38.3 Å². The van der Waals surface area contributed by atoms with Crippen molar-refractivity contribution in [2.75, 3.05) is 17.1 Å². The molecule has 4 rings (SSSR count). The summed E-state index contributed by atoms with van der Waals surface area (Å²) >= 11 is 0. The van der Waals surface area contributed by atoms with E-state index in [4.69, 9.17) is 9.47 Å². The van der Waals surface area contributed by atoms with Gasteiger partial charge in [0.05, 0.1) is 18.0 Å². The third-order valence-electron chi connectivity index (χ3n) is 5.38. The zero-order valence-corrected chi connectivity index (χ0v) is 18.1. The SMILES string of the molecule is CC1(C)C[C@H](NC(=O)[C@@H]2CCN(S(C)(=O)=O)c3ccccc3O2)c2ccccc2O1. The van der Waals surface area contributed by atoms with Gasteiger partial charge in [0.15, 0.2) is 6.10 Å². The first-order chi connectivity index (χ1) is 14.1. The van der Waals surface area contributed by atoms with E-state index in [1.807, 2.05) is 38.1 Å². The summed E-state index contributed by atoms with van der Waals surface area (Å²) in [5, 5.41) is 3.10. The van der Waals surface area contributed by atoms with E-state index in [1.165, 1.54) is 4.31 Å². The summed E-state index contributed by atoms with van der Waals surface area (Å²) < 4.78 is 37.8. The maximum atomic E-state index is 13.2. The molecule has 2 aliphatic rings. The van der Waals surface area contributed by atoms with E-state index in [2.05, 4.69) is 5.32 Å². The van der Waals surface area contributed by atoms with Gasteiger partial charge < -0.3 is 14.8 Å². The van der Waals surface area contributed by atoms with Gasteiger partial charge in [0, 0.05) is 24.9 Å². The highest BCUT2D eigenvalue weighted by atomic mass is 32.2. The van der Waals surface area contributed by atoms with Crippen molar-refractivity contribution < 1.29 is 22.7 Å². The van der Waals surface area contributed by atoms with Crippen molar-refractivity contribution in [2.24, 2.45) is 0 Å². The molecule has 0 aromatic heterocycles. The molecular weight excluding hydrogens is 404 g/mol. The van der Waals surface area contributed by atoms with Crippen LogP contribution in [0.3, 0.4) is 0 Å². The van der Waals surface area contributed by atoms with Crippen molar-refractivity contribution in [1.29, 1.82) is 0 Å². The summed E-state index contributed by atoms with van der Waals surface area (Å²) in [6, 6.07) is 14.3. The molecule has 2 heterocycles. The number of carbonyl (C=O) groups excluding carboxylic acids is 1. The fourth-order valence-corrected chi connectivity index (χ4v) is 5.00. The molecule has 30 heavy (non-hydrogen) atoms. The molecule has 1 amide bonds. The molecule has 2 aliphatic heterocycles. The van der Waals surface area contributed by atoms with Crippen molar-refractivity contribution in [1.82, 2.24) is 5.32 Å². The van der Waals surface area contributed by atoms with Gasteiger partial charge in [-0.3, -0.25) is 9.10 Å². The first kappa shape index (κ1) is 20.5. The number of sulfonamides is 1. The Balaban J connectivity index is 1.58. The summed E-state index contributed by atoms with van der Waals surface area (Å²) in [7, 11) is -3.49. The highest BCUT2D eigenvalue weighted by molar-refractivity contribution is 7.92. The lowest BCUT2D eigenvalue weighted by atomic mass is 9.89. The van der Waals surface area contributed by atoms with Gasteiger partial charge in [-0.05, 0) is 32.0 Å². The predicted molar refractivity (Wildman–Crippen MR) is 114 cm³/mol. The maximum absolute atomic E-state index is 13.2. The first-order valence-electron chi connectivity index (χ1n) is 9.96. The Morgan fingerprint density at radius 3 is 2.50 bits per heavy atom. The molecule has 7 nitrogen and oxygen atoms in total. The average Bonchev–Trinajstić information content (AvgIpc) is 2.86. The van der Waals surface area contributed by atoms with E-state index in [-0.39, 0.29) is 24.9 Å². The monoisotopic (exact) mass is 430 g/mol. The molecule has 1 N–H and O–H groups in total. The molecule has 0 spiro atoms. The molecular formula is C22H26N2O5S. The van der Waals surface area contributed by atoms with Crippen molar-refractivity contribution in [3.8, 4) is 11.5 Å². The molecule has 0 bridgehead atoms. The number of benzene rings is 2. The molecule has 0 fully saturated rings. The molecule has 0 saturated heterocycles. The fraction of sp³-hybridized carbons (Fsp3) is 0.409. The average molecular weight is 431 g/mol. The van der Waals surface area contributed by atoms with Gasteiger partial charge in [0.25, 0.3) is 5.91 Å². The van der Waals surface area contributed by atoms with Crippen LogP contribution >= 0.6 is 0 Å². The zero-order valence-electron chi connectivity index (χ0n) is 17.3. The second-order valence-electron chi connectivity index (χ2n) is 8.36. The predicted octanol–water partition coefficient (Wildman–Crippen LogP) is 3.02. The van der Waals surface area contributed by atoms with E-state index in [9.17, 15) is 13.2 Å². The van der Waals surface area contributed by atoms with Crippen LogP contribution in [0, 0.1) is 0 Å². The van der Waals surface area contributed by atoms with Crippen LogP contribution < -0.4 is 19.1 Å². The van der Waals surface area contributed by atoms with E-state index >= 15 is 0 Å². The highest BCUT2D eigenvalue weighted by Gasteiger charge is 2.37. The Hall–Kier alpha value is -2.74. The third kappa shape index (κ3) is 4.09. The van der Waals surface area contributed by atoms with Crippen molar-refractivity contribution >= 4 is 21.6 Å². The number of nitrogens with one attached hydrogen (secondary N) is 1. The molecule has 0 aliphatic carbocycles. The Morgan fingerprint density at radius 1 is 1.10 bits per heavy atom. The van der Waals surface area contributed by atoms with E-state index in [0.717, 1.165) is 17.6 Å². The minimum Gasteiger partial charge on any atom is -0.487 e. The molecule has 0 radical (unpaired) electrons. The number of rotatable bonds is 3. The summed E-state index contributed by atoms with van der Waals surface area (Å²) in [5.74, 6) is 0.875. The van der Waals surface area contributed by atoms with Crippen LogP contribution in [0.5, 0.6) is 11.5 Å². The van der Waals surface area contributed by atoms with E-state index in [0.29, 0.717) is 17.9 Å². The standard InChI is InChI=1S/C22H26N2O5S/c1-22(2)14-16(15-8-4-6-10-18(15)29-22)23-21(25)20-12-13-24(30(3,26)27)17-9-5-7-11-19(17)28-20/h4-11,16,20H,12-14H2,1-3H3,(H,23,25)/t16-,20-/m0/s1. The van der Waals surface area contributed by atoms with Crippen LogP contribution in [0.4, 0.5) is 5.69 Å². The Bertz CT molecular complexity index is 1070. The van der Waals surface area contributed by atoms with Gasteiger partial charge >= 0.3 is 0 Å². The lowest BCUT2D eigenvalue weighted by Gasteiger charge is -2.38. The van der Waals surface area contributed by atoms with Gasteiger partial charge in [-0.15, -0.1) is 0 Å². The molecule has 0 saturated carbocycles. The lowest BCUT2D eigenvalue weighted by molar-refractivity contribution is -0.129. The van der Waals surface area contributed by atoms with Crippen LogP contribution in [-0.4, -0.2) is 38.8 Å². The van der Waals surface area contributed by atoms with Crippen molar-refractivity contribution in [3.05, 3.63) is 54.1 Å². The van der Waals surface area contributed by atoms with Crippen LogP contribution in [0.15, 0.2) is 48.5 Å². The number of nitrogens with zero attached hydrogens (tertiary/aromatic N) is 1. The van der Waals surface area contributed by atoms with Gasteiger partial charge in [-0.25, -0.2) is 8.42 Å². The third-order valence-corrected chi connectivity index (χ3v) is 6.56. The van der Waals surface area contributed by atoms with Crippen LogP contribution in [-0.2, 0) is 14.8 Å². The van der Waals surface area contributed by atoms with E-state index in [1.54, 1.807) is 24.3 Å². The van der Waals surface area contributed by atoms with Gasteiger partial charge in [0.2, 0.25) is 10.0 Å².